The van der Waals surface area contributed by atoms with E-state index in [4.69, 9.17) is 19.2 Å². The lowest BCUT2D eigenvalue weighted by molar-refractivity contribution is 0.354. The van der Waals surface area contributed by atoms with Crippen LogP contribution in [0.25, 0.3) is 0 Å². The zero-order valence-corrected chi connectivity index (χ0v) is 19.5. The van der Waals surface area contributed by atoms with Crippen LogP contribution in [0.1, 0.15) is 18.1 Å². The molecule has 0 bridgehead atoms. The summed E-state index contributed by atoms with van der Waals surface area (Å²) in [6.45, 7) is 4.09. The first kappa shape index (κ1) is 23.9. The van der Waals surface area contributed by atoms with Crippen LogP contribution >= 0.6 is 24.0 Å². The van der Waals surface area contributed by atoms with E-state index in [1.54, 1.807) is 21.3 Å². The van der Waals surface area contributed by atoms with Crippen molar-refractivity contribution in [3.63, 3.8) is 0 Å². The summed E-state index contributed by atoms with van der Waals surface area (Å²) in [5.74, 6) is 3.13. The Morgan fingerprint density at radius 1 is 0.964 bits per heavy atom. The fourth-order valence-electron chi connectivity index (χ4n) is 2.78. The zero-order valence-electron chi connectivity index (χ0n) is 17.2. The van der Waals surface area contributed by atoms with Gasteiger partial charge in [-0.15, -0.1) is 24.0 Å². The lowest BCUT2D eigenvalue weighted by Gasteiger charge is -2.23. The predicted octanol–water partition coefficient (Wildman–Crippen LogP) is 3.93. The molecule has 0 unspecified atom stereocenters. The Labute approximate surface area is 184 Å². The summed E-state index contributed by atoms with van der Waals surface area (Å²) in [4.78, 5) is 6.85. The number of methoxy groups -OCH3 is 3. The van der Waals surface area contributed by atoms with Crippen molar-refractivity contribution in [1.82, 2.24) is 10.2 Å². The quantitative estimate of drug-likeness (QED) is 0.339. The number of nitrogens with one attached hydrogen (secondary N) is 1. The van der Waals surface area contributed by atoms with E-state index >= 15 is 0 Å². The van der Waals surface area contributed by atoms with Crippen LogP contribution in [0, 0.1) is 0 Å². The molecule has 1 N–H and O–H groups in total. The van der Waals surface area contributed by atoms with E-state index in [-0.39, 0.29) is 24.0 Å². The van der Waals surface area contributed by atoms with Gasteiger partial charge in [0.1, 0.15) is 5.75 Å². The minimum Gasteiger partial charge on any atom is -0.496 e. The van der Waals surface area contributed by atoms with Gasteiger partial charge in [0, 0.05) is 25.7 Å². The maximum atomic E-state index is 5.45. The number of guanidine groups is 1. The molecule has 28 heavy (non-hydrogen) atoms. The van der Waals surface area contributed by atoms with Crippen LogP contribution in [-0.4, -0.2) is 45.8 Å². The van der Waals surface area contributed by atoms with Crippen LogP contribution in [0.4, 0.5) is 0 Å². The highest BCUT2D eigenvalue weighted by atomic mass is 127. The van der Waals surface area contributed by atoms with Gasteiger partial charge in [-0.3, -0.25) is 0 Å². The molecule has 0 radical (unpaired) electrons. The van der Waals surface area contributed by atoms with Crippen molar-refractivity contribution in [3.05, 3.63) is 53.6 Å². The summed E-state index contributed by atoms with van der Waals surface area (Å²) in [6, 6.07) is 13.9. The van der Waals surface area contributed by atoms with Gasteiger partial charge in [-0.1, -0.05) is 24.3 Å². The van der Waals surface area contributed by atoms with Crippen LogP contribution < -0.4 is 19.5 Å². The molecular formula is C21H30IN3O3. The molecule has 0 saturated heterocycles. The lowest BCUT2D eigenvalue weighted by atomic mass is 10.2. The number of halogens is 1. The highest BCUT2D eigenvalue weighted by Crippen LogP contribution is 2.27. The van der Waals surface area contributed by atoms with Crippen LogP contribution in [0.3, 0.4) is 0 Å². The third-order valence-corrected chi connectivity index (χ3v) is 4.16. The first-order valence-corrected chi connectivity index (χ1v) is 8.95. The summed E-state index contributed by atoms with van der Waals surface area (Å²) >= 11 is 0. The number of rotatable bonds is 8. The number of aliphatic imine (C=N–C) groups is 1. The van der Waals surface area contributed by atoms with Crippen molar-refractivity contribution in [2.24, 2.45) is 4.99 Å². The van der Waals surface area contributed by atoms with Crippen molar-refractivity contribution in [3.8, 4) is 17.2 Å². The van der Waals surface area contributed by atoms with Gasteiger partial charge in [-0.2, -0.15) is 0 Å². The Bertz CT molecular complexity index is 768. The Kier molecular flexibility index (Phi) is 10.5. The minimum absolute atomic E-state index is 0. The van der Waals surface area contributed by atoms with Gasteiger partial charge in [0.2, 0.25) is 0 Å². The molecule has 0 spiro atoms. The summed E-state index contributed by atoms with van der Waals surface area (Å²) in [5.41, 5.74) is 2.16. The van der Waals surface area contributed by atoms with E-state index in [9.17, 15) is 0 Å². The van der Waals surface area contributed by atoms with Crippen molar-refractivity contribution in [2.75, 3.05) is 34.9 Å². The molecule has 0 fully saturated rings. The third kappa shape index (κ3) is 6.47. The van der Waals surface area contributed by atoms with E-state index in [0.717, 1.165) is 29.4 Å². The highest BCUT2D eigenvalue weighted by molar-refractivity contribution is 14.0. The average Bonchev–Trinajstić information content (AvgIpc) is 2.71. The van der Waals surface area contributed by atoms with Crippen molar-refractivity contribution < 1.29 is 14.2 Å². The van der Waals surface area contributed by atoms with Crippen LogP contribution in [0.5, 0.6) is 17.2 Å². The summed E-state index contributed by atoms with van der Waals surface area (Å²) in [6.07, 6.45) is 0. The van der Waals surface area contributed by atoms with Crippen LogP contribution in [0.2, 0.25) is 0 Å². The van der Waals surface area contributed by atoms with E-state index in [2.05, 4.69) is 23.2 Å². The number of nitrogens with zero attached hydrogens (tertiary/aromatic N) is 2. The van der Waals surface area contributed by atoms with E-state index < -0.39 is 0 Å². The minimum atomic E-state index is 0. The molecule has 154 valence electrons. The molecule has 0 aliphatic carbocycles. The molecule has 0 aromatic heterocycles. The summed E-state index contributed by atoms with van der Waals surface area (Å²) < 4.78 is 16.1. The number of hydrogen-bond donors (Lipinski definition) is 1. The van der Waals surface area contributed by atoms with Crippen molar-refractivity contribution >= 4 is 29.9 Å². The molecule has 2 aromatic carbocycles. The SMILES string of the molecule is CCNC(=NCc1ccc(OC)c(OC)c1)N(C)Cc1ccccc1OC.I. The number of ether oxygens (including phenoxy) is 3. The highest BCUT2D eigenvalue weighted by Gasteiger charge is 2.10. The molecule has 0 aliphatic heterocycles. The molecular weight excluding hydrogens is 469 g/mol. The van der Waals surface area contributed by atoms with E-state index in [1.165, 1.54) is 0 Å². The maximum absolute atomic E-state index is 5.45. The maximum Gasteiger partial charge on any atom is 0.194 e. The normalized spacial score (nSPS) is 10.7. The fourth-order valence-corrected chi connectivity index (χ4v) is 2.78. The second-order valence-corrected chi connectivity index (χ2v) is 6.03. The molecule has 0 atom stereocenters. The molecule has 6 nitrogen and oxygen atoms in total. The first-order valence-electron chi connectivity index (χ1n) is 8.95. The molecule has 0 saturated carbocycles. The van der Waals surface area contributed by atoms with Crippen LogP contribution in [-0.2, 0) is 13.1 Å². The van der Waals surface area contributed by atoms with Crippen LogP contribution in [0.15, 0.2) is 47.5 Å². The Morgan fingerprint density at radius 3 is 2.29 bits per heavy atom. The fraction of sp³-hybridized carbons (Fsp3) is 0.381. The van der Waals surface area contributed by atoms with Gasteiger partial charge in [-0.05, 0) is 30.7 Å². The first-order chi connectivity index (χ1) is 13.1. The Balaban J connectivity index is 0.00000392. The standard InChI is InChI=1S/C21H29N3O3.HI/c1-6-22-21(24(2)15-17-9-7-8-10-18(17)25-3)23-14-16-11-12-19(26-4)20(13-16)27-5;/h7-13H,6,14-15H2,1-5H3,(H,22,23);1H. The number of hydrogen-bond acceptors (Lipinski definition) is 4. The Morgan fingerprint density at radius 2 is 1.64 bits per heavy atom. The van der Waals surface area contributed by atoms with E-state index in [1.807, 2.05) is 43.4 Å². The number of benzene rings is 2. The second kappa shape index (κ2) is 12.3. The second-order valence-electron chi connectivity index (χ2n) is 6.03. The van der Waals surface area contributed by atoms with Gasteiger partial charge in [0.05, 0.1) is 27.9 Å². The van der Waals surface area contributed by atoms with Gasteiger partial charge in [-0.25, -0.2) is 4.99 Å². The largest absolute Gasteiger partial charge is 0.496 e. The topological polar surface area (TPSA) is 55.3 Å². The van der Waals surface area contributed by atoms with Gasteiger partial charge in [0.15, 0.2) is 17.5 Å². The average molecular weight is 499 g/mol. The summed E-state index contributed by atoms with van der Waals surface area (Å²) in [7, 11) is 6.97. The lowest BCUT2D eigenvalue weighted by Crippen LogP contribution is -2.38. The molecule has 2 aromatic rings. The van der Waals surface area contributed by atoms with Crippen molar-refractivity contribution in [2.45, 2.75) is 20.0 Å². The van der Waals surface area contributed by atoms with Crippen molar-refractivity contribution in [1.29, 1.82) is 0 Å². The smallest absolute Gasteiger partial charge is 0.194 e. The zero-order chi connectivity index (χ0) is 19.6. The molecule has 0 amide bonds. The van der Waals surface area contributed by atoms with Gasteiger partial charge in [0.25, 0.3) is 0 Å². The van der Waals surface area contributed by atoms with E-state index in [0.29, 0.717) is 24.6 Å². The monoisotopic (exact) mass is 499 g/mol. The summed E-state index contributed by atoms with van der Waals surface area (Å²) in [5, 5.41) is 3.34. The molecule has 0 heterocycles. The molecule has 0 aliphatic rings. The molecule has 2 rings (SSSR count). The number of para-hydroxylation sites is 1. The third-order valence-electron chi connectivity index (χ3n) is 4.16. The molecule has 7 heteroatoms. The van der Waals surface area contributed by atoms with Gasteiger partial charge < -0.3 is 24.4 Å². The predicted molar refractivity (Wildman–Crippen MR) is 124 cm³/mol. The van der Waals surface area contributed by atoms with Gasteiger partial charge >= 0.3 is 0 Å². The Hall–Kier alpha value is -2.16.